The summed E-state index contributed by atoms with van der Waals surface area (Å²) >= 11 is 1.62. The molecule has 2 aromatic carbocycles. The zero-order valence-electron chi connectivity index (χ0n) is 16.3. The van der Waals surface area contributed by atoms with Crippen LogP contribution in [0.1, 0.15) is 50.4 Å². The van der Waals surface area contributed by atoms with Gasteiger partial charge in [-0.05, 0) is 41.2 Å². The Kier molecular flexibility index (Phi) is 7.15. The summed E-state index contributed by atoms with van der Waals surface area (Å²) in [5, 5.41) is 3.08. The van der Waals surface area contributed by atoms with Gasteiger partial charge in [-0.15, -0.1) is 11.8 Å². The van der Waals surface area contributed by atoms with Crippen molar-refractivity contribution < 1.29 is 9.53 Å². The molecule has 0 bridgehead atoms. The largest absolute Gasteiger partial charge is 0.497 e. The van der Waals surface area contributed by atoms with Gasteiger partial charge in [0, 0.05) is 5.75 Å². The number of amides is 1. The normalized spacial score (nSPS) is 12.5. The van der Waals surface area contributed by atoms with Crippen LogP contribution in [0.15, 0.2) is 48.5 Å². The van der Waals surface area contributed by atoms with E-state index in [1.807, 2.05) is 31.2 Å². The third-order valence-electron chi connectivity index (χ3n) is 4.32. The Morgan fingerprint density at radius 3 is 2.23 bits per heavy atom. The molecule has 0 saturated carbocycles. The van der Waals surface area contributed by atoms with Gasteiger partial charge in [-0.1, -0.05) is 57.2 Å². The molecule has 1 amide bonds. The molecule has 140 valence electrons. The van der Waals surface area contributed by atoms with E-state index in [1.54, 1.807) is 18.9 Å². The van der Waals surface area contributed by atoms with Crippen molar-refractivity contribution in [1.29, 1.82) is 0 Å². The Morgan fingerprint density at radius 1 is 1.08 bits per heavy atom. The van der Waals surface area contributed by atoms with Crippen LogP contribution in [0.2, 0.25) is 0 Å². The monoisotopic (exact) mass is 371 g/mol. The van der Waals surface area contributed by atoms with Gasteiger partial charge in [0.15, 0.2) is 0 Å². The maximum absolute atomic E-state index is 12.2. The minimum atomic E-state index is 0.0121. The highest BCUT2D eigenvalue weighted by atomic mass is 32.2. The van der Waals surface area contributed by atoms with E-state index in [0.717, 1.165) is 17.1 Å². The van der Waals surface area contributed by atoms with Crippen molar-refractivity contribution in [3.05, 3.63) is 65.2 Å². The summed E-state index contributed by atoms with van der Waals surface area (Å²) in [4.78, 5) is 12.2. The summed E-state index contributed by atoms with van der Waals surface area (Å²) in [5.74, 6) is 2.18. The Hall–Kier alpha value is -1.94. The lowest BCUT2D eigenvalue weighted by atomic mass is 9.86. The topological polar surface area (TPSA) is 38.3 Å². The number of rotatable bonds is 7. The zero-order valence-corrected chi connectivity index (χ0v) is 17.2. The van der Waals surface area contributed by atoms with Crippen molar-refractivity contribution in [3.8, 4) is 5.75 Å². The molecule has 0 aliphatic rings. The Bertz CT molecular complexity index is 702. The summed E-state index contributed by atoms with van der Waals surface area (Å²) in [5.41, 5.74) is 3.76. The van der Waals surface area contributed by atoms with Gasteiger partial charge in [0.25, 0.3) is 0 Å². The first-order valence-corrected chi connectivity index (χ1v) is 10.1. The summed E-state index contributed by atoms with van der Waals surface area (Å²) in [6.07, 6.45) is 0. The fourth-order valence-electron chi connectivity index (χ4n) is 2.62. The summed E-state index contributed by atoms with van der Waals surface area (Å²) < 4.78 is 5.15. The van der Waals surface area contributed by atoms with Crippen LogP contribution in [-0.2, 0) is 16.0 Å². The van der Waals surface area contributed by atoms with Gasteiger partial charge in [0.1, 0.15) is 5.75 Å². The Balaban J connectivity index is 1.79. The molecular weight excluding hydrogens is 342 g/mol. The molecule has 26 heavy (non-hydrogen) atoms. The molecule has 1 unspecified atom stereocenters. The molecule has 0 radical (unpaired) electrons. The van der Waals surface area contributed by atoms with Gasteiger partial charge in [0.05, 0.1) is 18.9 Å². The highest BCUT2D eigenvalue weighted by molar-refractivity contribution is 7.99. The fraction of sp³-hybridized carbons (Fsp3) is 0.409. The summed E-state index contributed by atoms with van der Waals surface area (Å²) in [6.45, 7) is 8.63. The molecule has 0 heterocycles. The van der Waals surface area contributed by atoms with Crippen LogP contribution >= 0.6 is 11.8 Å². The van der Waals surface area contributed by atoms with Gasteiger partial charge in [-0.2, -0.15) is 0 Å². The number of methoxy groups -OCH3 is 1. The van der Waals surface area contributed by atoms with E-state index < -0.39 is 0 Å². The third-order valence-corrected chi connectivity index (χ3v) is 5.32. The number of hydrogen-bond acceptors (Lipinski definition) is 3. The predicted octanol–water partition coefficient (Wildman–Crippen LogP) is 5.10. The molecule has 4 heteroatoms. The number of benzene rings is 2. The van der Waals surface area contributed by atoms with E-state index in [2.05, 4.69) is 50.4 Å². The number of carbonyl (C=O) groups is 1. The molecule has 0 fully saturated rings. The van der Waals surface area contributed by atoms with Crippen LogP contribution in [-0.4, -0.2) is 18.8 Å². The second-order valence-corrected chi connectivity index (χ2v) is 8.49. The summed E-state index contributed by atoms with van der Waals surface area (Å²) in [6, 6.07) is 16.5. The second kappa shape index (κ2) is 9.13. The van der Waals surface area contributed by atoms with Crippen LogP contribution in [0.4, 0.5) is 0 Å². The molecule has 0 aliphatic heterocycles. The van der Waals surface area contributed by atoms with Crippen LogP contribution in [0, 0.1) is 0 Å². The van der Waals surface area contributed by atoms with E-state index in [0.29, 0.717) is 5.75 Å². The quantitative estimate of drug-likeness (QED) is 0.735. The van der Waals surface area contributed by atoms with Crippen LogP contribution in [0.3, 0.4) is 0 Å². The molecule has 0 saturated heterocycles. The molecule has 3 nitrogen and oxygen atoms in total. The van der Waals surface area contributed by atoms with Crippen molar-refractivity contribution in [2.24, 2.45) is 0 Å². The number of hydrogen-bond donors (Lipinski definition) is 1. The molecule has 1 N–H and O–H groups in total. The minimum absolute atomic E-state index is 0.0121. The van der Waals surface area contributed by atoms with Gasteiger partial charge in [0.2, 0.25) is 5.91 Å². The Morgan fingerprint density at radius 2 is 1.69 bits per heavy atom. The first kappa shape index (κ1) is 20.4. The molecule has 0 aromatic heterocycles. The number of thioether (sulfide) groups is 1. The lowest BCUT2D eigenvalue weighted by molar-refractivity contribution is -0.119. The number of carbonyl (C=O) groups excluding carboxylic acids is 1. The summed E-state index contributed by atoms with van der Waals surface area (Å²) in [7, 11) is 1.66. The SMILES string of the molecule is COc1ccc(CSCC(=O)NC(C)c2ccc(C(C)(C)C)cc2)cc1. The first-order chi connectivity index (χ1) is 12.3. The molecular formula is C22H29NO2S. The Labute approximate surface area is 161 Å². The second-order valence-electron chi connectivity index (χ2n) is 7.50. The van der Waals surface area contributed by atoms with Gasteiger partial charge in [-0.25, -0.2) is 0 Å². The highest BCUT2D eigenvalue weighted by Crippen LogP contribution is 2.24. The zero-order chi connectivity index (χ0) is 19.2. The first-order valence-electron chi connectivity index (χ1n) is 8.90. The maximum atomic E-state index is 12.2. The number of nitrogens with one attached hydrogen (secondary N) is 1. The van der Waals surface area contributed by atoms with E-state index in [1.165, 1.54) is 11.1 Å². The van der Waals surface area contributed by atoms with Crippen molar-refractivity contribution >= 4 is 17.7 Å². The van der Waals surface area contributed by atoms with Crippen molar-refractivity contribution in [3.63, 3.8) is 0 Å². The molecule has 0 spiro atoms. The van der Waals surface area contributed by atoms with Gasteiger partial charge < -0.3 is 10.1 Å². The van der Waals surface area contributed by atoms with E-state index in [4.69, 9.17) is 4.74 Å². The van der Waals surface area contributed by atoms with E-state index in [-0.39, 0.29) is 17.4 Å². The lowest BCUT2D eigenvalue weighted by Gasteiger charge is -2.20. The van der Waals surface area contributed by atoms with Crippen LogP contribution < -0.4 is 10.1 Å². The van der Waals surface area contributed by atoms with Crippen molar-refractivity contribution in [2.75, 3.05) is 12.9 Å². The van der Waals surface area contributed by atoms with Crippen molar-refractivity contribution in [1.82, 2.24) is 5.32 Å². The van der Waals surface area contributed by atoms with Crippen LogP contribution in [0.5, 0.6) is 5.75 Å². The van der Waals surface area contributed by atoms with Gasteiger partial charge >= 0.3 is 0 Å². The lowest BCUT2D eigenvalue weighted by Crippen LogP contribution is -2.28. The van der Waals surface area contributed by atoms with E-state index >= 15 is 0 Å². The molecule has 2 aromatic rings. The molecule has 1 atom stereocenters. The molecule has 0 aliphatic carbocycles. The minimum Gasteiger partial charge on any atom is -0.497 e. The fourth-order valence-corrected chi connectivity index (χ4v) is 3.42. The van der Waals surface area contributed by atoms with Crippen molar-refractivity contribution in [2.45, 2.75) is 44.9 Å². The third kappa shape index (κ3) is 6.10. The average Bonchev–Trinajstić information content (AvgIpc) is 2.61. The maximum Gasteiger partial charge on any atom is 0.230 e. The smallest absolute Gasteiger partial charge is 0.230 e. The highest BCUT2D eigenvalue weighted by Gasteiger charge is 2.15. The molecule has 2 rings (SSSR count). The predicted molar refractivity (Wildman–Crippen MR) is 111 cm³/mol. The standard InChI is InChI=1S/C22H29NO2S/c1-16(18-8-10-19(11-9-18)22(2,3)4)23-21(24)15-26-14-17-6-12-20(25-5)13-7-17/h6-13,16H,14-15H2,1-5H3,(H,23,24). The average molecular weight is 372 g/mol. The number of ether oxygens (including phenoxy) is 1. The van der Waals surface area contributed by atoms with Crippen LogP contribution in [0.25, 0.3) is 0 Å². The van der Waals surface area contributed by atoms with Gasteiger partial charge in [-0.3, -0.25) is 4.79 Å². The van der Waals surface area contributed by atoms with E-state index in [9.17, 15) is 4.79 Å².